The first-order valence-electron chi connectivity index (χ1n) is 6.21. The first kappa shape index (κ1) is 15.9. The van der Waals surface area contributed by atoms with E-state index in [9.17, 15) is 8.42 Å². The van der Waals surface area contributed by atoms with Gasteiger partial charge in [0.25, 0.3) is 0 Å². The van der Waals surface area contributed by atoms with E-state index in [0.29, 0.717) is 5.75 Å². The zero-order valence-electron chi connectivity index (χ0n) is 11.8. The van der Waals surface area contributed by atoms with Crippen LogP contribution < -0.4 is 15.2 Å². The summed E-state index contributed by atoms with van der Waals surface area (Å²) >= 11 is 0. The number of sulfonamides is 1. The molecule has 19 heavy (non-hydrogen) atoms. The molecular weight excluding hydrogens is 264 g/mol. The van der Waals surface area contributed by atoms with Crippen LogP contribution in [0.4, 0.5) is 0 Å². The Labute approximate surface area is 115 Å². The second kappa shape index (κ2) is 6.36. The van der Waals surface area contributed by atoms with Gasteiger partial charge in [0.2, 0.25) is 10.0 Å². The Hall–Kier alpha value is -1.11. The van der Waals surface area contributed by atoms with Gasteiger partial charge in [0.1, 0.15) is 10.6 Å². The molecule has 0 fully saturated rings. The third kappa shape index (κ3) is 3.92. The van der Waals surface area contributed by atoms with E-state index >= 15 is 0 Å². The molecule has 0 aliphatic carbocycles. The Balaban J connectivity index is 3.19. The molecule has 0 saturated carbocycles. The lowest BCUT2D eigenvalue weighted by Crippen LogP contribution is -2.36. The van der Waals surface area contributed by atoms with Gasteiger partial charge in [-0.05, 0) is 30.5 Å². The van der Waals surface area contributed by atoms with E-state index in [0.717, 1.165) is 5.56 Å². The minimum Gasteiger partial charge on any atom is -0.495 e. The average Bonchev–Trinajstić information content (AvgIpc) is 2.37. The highest BCUT2D eigenvalue weighted by Crippen LogP contribution is 2.25. The zero-order chi connectivity index (χ0) is 14.6. The van der Waals surface area contributed by atoms with Crippen LogP contribution in [-0.2, 0) is 16.6 Å². The second-order valence-electron chi connectivity index (χ2n) is 4.84. The summed E-state index contributed by atoms with van der Waals surface area (Å²) in [7, 11) is -2.16. The molecule has 1 atom stereocenters. The van der Waals surface area contributed by atoms with Crippen LogP contribution in [0.15, 0.2) is 23.1 Å². The maximum Gasteiger partial charge on any atom is 0.244 e. The quantitative estimate of drug-likeness (QED) is 0.830. The van der Waals surface area contributed by atoms with Crippen molar-refractivity contribution in [3.63, 3.8) is 0 Å². The molecule has 6 heteroatoms. The van der Waals surface area contributed by atoms with Gasteiger partial charge in [-0.3, -0.25) is 0 Å². The van der Waals surface area contributed by atoms with Gasteiger partial charge in [0.05, 0.1) is 7.11 Å². The Morgan fingerprint density at radius 2 is 1.95 bits per heavy atom. The van der Waals surface area contributed by atoms with Crippen molar-refractivity contribution in [1.82, 2.24) is 4.72 Å². The number of hydrogen-bond acceptors (Lipinski definition) is 4. The van der Waals surface area contributed by atoms with Gasteiger partial charge in [-0.15, -0.1) is 0 Å². The third-order valence-electron chi connectivity index (χ3n) is 3.09. The minimum absolute atomic E-state index is 0.130. The molecule has 108 valence electrons. The number of benzene rings is 1. The van der Waals surface area contributed by atoms with Crippen LogP contribution in [0.2, 0.25) is 0 Å². The summed E-state index contributed by atoms with van der Waals surface area (Å²) in [6.45, 7) is 6.04. The fraction of sp³-hybridized carbons (Fsp3) is 0.538. The van der Waals surface area contributed by atoms with Crippen molar-refractivity contribution < 1.29 is 13.2 Å². The Morgan fingerprint density at radius 3 is 2.42 bits per heavy atom. The number of nitrogens with one attached hydrogen (secondary N) is 1. The summed E-state index contributed by atoms with van der Waals surface area (Å²) in [5, 5.41) is 0. The van der Waals surface area contributed by atoms with Crippen LogP contribution in [0.1, 0.15) is 26.3 Å². The lowest BCUT2D eigenvalue weighted by molar-refractivity contribution is 0.401. The monoisotopic (exact) mass is 286 g/mol. The predicted octanol–water partition coefficient (Wildman–Crippen LogP) is 1.48. The zero-order valence-corrected chi connectivity index (χ0v) is 12.6. The van der Waals surface area contributed by atoms with Crippen LogP contribution in [0, 0.1) is 5.92 Å². The molecule has 1 aromatic rings. The van der Waals surface area contributed by atoms with Crippen molar-refractivity contribution >= 4 is 10.0 Å². The van der Waals surface area contributed by atoms with Gasteiger partial charge in [0, 0.05) is 12.6 Å². The van der Waals surface area contributed by atoms with Crippen molar-refractivity contribution in [2.24, 2.45) is 11.7 Å². The molecular formula is C13H22N2O3S. The van der Waals surface area contributed by atoms with E-state index in [4.69, 9.17) is 10.5 Å². The highest BCUT2D eigenvalue weighted by atomic mass is 32.2. The second-order valence-corrected chi connectivity index (χ2v) is 6.53. The minimum atomic E-state index is -3.61. The molecule has 0 aliphatic rings. The molecule has 0 amide bonds. The van der Waals surface area contributed by atoms with Crippen molar-refractivity contribution in [3.8, 4) is 5.75 Å². The van der Waals surface area contributed by atoms with E-state index < -0.39 is 10.0 Å². The summed E-state index contributed by atoms with van der Waals surface area (Å²) in [5.74, 6) is 0.527. The molecule has 0 aliphatic heterocycles. The molecule has 1 rings (SSSR count). The summed E-state index contributed by atoms with van der Waals surface area (Å²) in [6, 6.07) is 4.77. The van der Waals surface area contributed by atoms with Gasteiger partial charge in [-0.1, -0.05) is 19.9 Å². The fourth-order valence-electron chi connectivity index (χ4n) is 1.50. The van der Waals surface area contributed by atoms with E-state index in [1.807, 2.05) is 20.8 Å². The van der Waals surface area contributed by atoms with Crippen LogP contribution >= 0.6 is 0 Å². The average molecular weight is 286 g/mol. The SMILES string of the molecule is COc1ccc(CN)cc1S(=O)(=O)NC(C)C(C)C. The summed E-state index contributed by atoms with van der Waals surface area (Å²) < 4.78 is 32.5. The highest BCUT2D eigenvalue weighted by Gasteiger charge is 2.23. The Bertz CT molecular complexity index is 527. The standard InChI is InChI=1S/C13H22N2O3S/c1-9(2)10(3)15-19(16,17)13-7-11(8-14)5-6-12(13)18-4/h5-7,9-10,15H,8,14H2,1-4H3. The largest absolute Gasteiger partial charge is 0.495 e. The van der Waals surface area contributed by atoms with Crippen molar-refractivity contribution in [2.75, 3.05) is 7.11 Å². The van der Waals surface area contributed by atoms with E-state index in [2.05, 4.69) is 4.72 Å². The predicted molar refractivity (Wildman–Crippen MR) is 75.5 cm³/mol. The summed E-state index contributed by atoms with van der Waals surface area (Å²) in [4.78, 5) is 0.130. The van der Waals surface area contributed by atoms with Crippen LogP contribution in [-0.4, -0.2) is 21.6 Å². The van der Waals surface area contributed by atoms with Gasteiger partial charge in [-0.2, -0.15) is 0 Å². The number of hydrogen-bond donors (Lipinski definition) is 2. The first-order valence-corrected chi connectivity index (χ1v) is 7.69. The van der Waals surface area contributed by atoms with E-state index in [1.165, 1.54) is 7.11 Å². The van der Waals surface area contributed by atoms with Gasteiger partial charge >= 0.3 is 0 Å². The molecule has 0 saturated heterocycles. The van der Waals surface area contributed by atoms with Gasteiger partial charge in [0.15, 0.2) is 0 Å². The van der Waals surface area contributed by atoms with Crippen LogP contribution in [0.3, 0.4) is 0 Å². The molecule has 1 aromatic carbocycles. The summed E-state index contributed by atoms with van der Waals surface area (Å²) in [6.07, 6.45) is 0. The number of methoxy groups -OCH3 is 1. The van der Waals surface area contributed by atoms with E-state index in [1.54, 1.807) is 18.2 Å². The van der Waals surface area contributed by atoms with Crippen molar-refractivity contribution in [3.05, 3.63) is 23.8 Å². The molecule has 0 heterocycles. The lowest BCUT2D eigenvalue weighted by Gasteiger charge is -2.19. The molecule has 0 bridgehead atoms. The molecule has 0 spiro atoms. The Morgan fingerprint density at radius 1 is 1.32 bits per heavy atom. The van der Waals surface area contributed by atoms with Gasteiger partial charge in [-0.25, -0.2) is 13.1 Å². The first-order chi connectivity index (χ1) is 8.81. The van der Waals surface area contributed by atoms with Crippen molar-refractivity contribution in [2.45, 2.75) is 38.3 Å². The summed E-state index contributed by atoms with van der Waals surface area (Å²) in [5.41, 5.74) is 6.30. The van der Waals surface area contributed by atoms with Crippen LogP contribution in [0.25, 0.3) is 0 Å². The fourth-order valence-corrected chi connectivity index (χ4v) is 3.11. The van der Waals surface area contributed by atoms with E-state index in [-0.39, 0.29) is 23.4 Å². The van der Waals surface area contributed by atoms with Crippen LogP contribution in [0.5, 0.6) is 5.75 Å². The lowest BCUT2D eigenvalue weighted by atomic mass is 10.1. The normalized spacial score (nSPS) is 13.6. The number of ether oxygens (including phenoxy) is 1. The number of nitrogens with two attached hydrogens (primary N) is 1. The highest BCUT2D eigenvalue weighted by molar-refractivity contribution is 7.89. The molecule has 1 unspecified atom stereocenters. The topological polar surface area (TPSA) is 81.4 Å². The van der Waals surface area contributed by atoms with Gasteiger partial charge < -0.3 is 10.5 Å². The molecule has 5 nitrogen and oxygen atoms in total. The smallest absolute Gasteiger partial charge is 0.244 e. The molecule has 3 N–H and O–H groups in total. The number of rotatable bonds is 6. The maximum absolute atomic E-state index is 12.4. The van der Waals surface area contributed by atoms with Crippen molar-refractivity contribution in [1.29, 1.82) is 0 Å². The molecule has 0 aromatic heterocycles. The third-order valence-corrected chi connectivity index (χ3v) is 4.67. The Kier molecular flexibility index (Phi) is 5.34. The maximum atomic E-state index is 12.4. The molecule has 0 radical (unpaired) electrons.